The fourth-order valence-corrected chi connectivity index (χ4v) is 4.52. The number of carbonyl (C=O) groups excluding carboxylic acids is 1. The number of nitrogens with zero attached hydrogens (tertiary/aromatic N) is 2. The molecule has 0 radical (unpaired) electrons. The Kier molecular flexibility index (Phi) is 3.97. The first-order valence-corrected chi connectivity index (χ1v) is 9.30. The molecule has 0 bridgehead atoms. The molecule has 1 fully saturated rings. The van der Waals surface area contributed by atoms with Crippen LogP contribution in [0.3, 0.4) is 0 Å². The highest BCUT2D eigenvalue weighted by molar-refractivity contribution is 7.92. The monoisotopic (exact) mass is 333 g/mol. The van der Waals surface area contributed by atoms with Gasteiger partial charge >= 0.3 is 0 Å². The highest BCUT2D eigenvalue weighted by atomic mass is 32.2. The van der Waals surface area contributed by atoms with Crippen molar-refractivity contribution in [3.8, 4) is 11.3 Å². The van der Waals surface area contributed by atoms with Gasteiger partial charge in [-0.2, -0.15) is 0 Å². The quantitative estimate of drug-likeness (QED) is 0.935. The number of hydrogen-bond acceptors (Lipinski definition) is 5. The number of benzene rings is 1. The molecule has 2 unspecified atom stereocenters. The van der Waals surface area contributed by atoms with E-state index in [1.807, 2.05) is 31.2 Å². The van der Waals surface area contributed by atoms with Crippen molar-refractivity contribution in [2.75, 3.05) is 18.6 Å². The third kappa shape index (κ3) is 3.29. The van der Waals surface area contributed by atoms with Crippen LogP contribution in [0.5, 0.6) is 0 Å². The van der Waals surface area contributed by atoms with Crippen LogP contribution in [-0.4, -0.2) is 44.8 Å². The molecule has 1 aromatic carbocycles. The van der Waals surface area contributed by atoms with Crippen LogP contribution in [0, 0.1) is 11.7 Å². The fourth-order valence-electron chi connectivity index (χ4n) is 2.69. The number of rotatable bonds is 3. The highest BCUT2D eigenvalue weighted by Gasteiger charge is 2.32. The van der Waals surface area contributed by atoms with Crippen molar-refractivity contribution < 1.29 is 13.5 Å². The Morgan fingerprint density at radius 2 is 2.09 bits per heavy atom. The molecule has 1 aliphatic heterocycles. The van der Waals surface area contributed by atoms with Crippen molar-refractivity contribution in [2.24, 2.45) is 0 Å². The van der Waals surface area contributed by atoms with Crippen molar-refractivity contribution in [1.29, 1.82) is 4.78 Å². The number of aromatic nitrogens is 1. The van der Waals surface area contributed by atoms with Crippen LogP contribution in [0.1, 0.15) is 22.5 Å². The zero-order valence-corrected chi connectivity index (χ0v) is 13.9. The highest BCUT2D eigenvalue weighted by Crippen LogP contribution is 2.22. The van der Waals surface area contributed by atoms with Gasteiger partial charge in [-0.3, -0.25) is 9.57 Å². The van der Waals surface area contributed by atoms with E-state index in [1.165, 1.54) is 4.90 Å². The first kappa shape index (κ1) is 15.7. The zero-order valence-electron chi connectivity index (χ0n) is 13.1. The van der Waals surface area contributed by atoms with E-state index in [9.17, 15) is 9.00 Å². The molecule has 1 amide bonds. The molecule has 2 heterocycles. The van der Waals surface area contributed by atoms with Crippen LogP contribution in [0.25, 0.3) is 11.3 Å². The predicted molar refractivity (Wildman–Crippen MR) is 87.8 cm³/mol. The standard InChI is InChI=1S/C16H19N3O3S/c1-11-3-5-12(6-4-11)14-9-15(22-18-14)16(20)19(2)13-7-8-23(17,21)10-13/h3-6,9,13,17H,7-8,10H2,1-2H3. The smallest absolute Gasteiger partial charge is 0.292 e. The number of hydrogen-bond donors (Lipinski definition) is 1. The van der Waals surface area contributed by atoms with E-state index in [0.717, 1.165) is 11.1 Å². The van der Waals surface area contributed by atoms with Gasteiger partial charge < -0.3 is 9.42 Å². The molecule has 7 heteroatoms. The minimum Gasteiger partial charge on any atom is -0.350 e. The Bertz CT molecular complexity index is 825. The van der Waals surface area contributed by atoms with Gasteiger partial charge in [-0.1, -0.05) is 35.0 Å². The van der Waals surface area contributed by atoms with E-state index < -0.39 is 9.73 Å². The average Bonchev–Trinajstić information content (AvgIpc) is 3.13. The maximum Gasteiger partial charge on any atom is 0.292 e. The summed E-state index contributed by atoms with van der Waals surface area (Å²) in [4.78, 5) is 14.0. The SMILES string of the molecule is Cc1ccc(-c2cc(C(=O)N(C)C3CCS(=N)(=O)C3)on2)cc1. The lowest BCUT2D eigenvalue weighted by Gasteiger charge is -2.22. The van der Waals surface area contributed by atoms with Gasteiger partial charge in [0.1, 0.15) is 5.69 Å². The van der Waals surface area contributed by atoms with Crippen LogP contribution in [-0.2, 0) is 9.73 Å². The molecule has 0 aliphatic carbocycles. The third-order valence-electron chi connectivity index (χ3n) is 4.18. The van der Waals surface area contributed by atoms with Gasteiger partial charge in [0, 0.05) is 40.2 Å². The third-order valence-corrected chi connectivity index (χ3v) is 6.00. The van der Waals surface area contributed by atoms with Crippen LogP contribution in [0.2, 0.25) is 0 Å². The normalized spacial score (nSPS) is 23.8. The summed E-state index contributed by atoms with van der Waals surface area (Å²) in [6.07, 6.45) is 0.587. The molecule has 1 aromatic heterocycles. The Morgan fingerprint density at radius 3 is 2.70 bits per heavy atom. The Hall–Kier alpha value is -2.15. The lowest BCUT2D eigenvalue weighted by Crippen LogP contribution is -2.37. The van der Waals surface area contributed by atoms with Gasteiger partial charge in [-0.25, -0.2) is 4.21 Å². The van der Waals surface area contributed by atoms with E-state index in [2.05, 4.69) is 5.16 Å². The van der Waals surface area contributed by atoms with Gasteiger partial charge in [-0.15, -0.1) is 0 Å². The summed E-state index contributed by atoms with van der Waals surface area (Å²) >= 11 is 0. The summed E-state index contributed by atoms with van der Waals surface area (Å²) in [5, 5.41) is 3.96. The Labute approximate surface area is 135 Å². The summed E-state index contributed by atoms with van der Waals surface area (Å²) in [5.41, 5.74) is 2.64. The van der Waals surface area contributed by atoms with Crippen molar-refractivity contribution in [1.82, 2.24) is 10.1 Å². The van der Waals surface area contributed by atoms with Crippen molar-refractivity contribution in [3.05, 3.63) is 41.7 Å². The van der Waals surface area contributed by atoms with E-state index in [-0.39, 0.29) is 23.5 Å². The first-order chi connectivity index (χ1) is 10.9. The van der Waals surface area contributed by atoms with Crippen LogP contribution in [0.4, 0.5) is 0 Å². The molecule has 0 spiro atoms. The molecule has 1 N–H and O–H groups in total. The average molecular weight is 333 g/mol. The molecule has 2 aromatic rings. The molecule has 122 valence electrons. The van der Waals surface area contributed by atoms with Crippen molar-refractivity contribution in [3.63, 3.8) is 0 Å². The van der Waals surface area contributed by atoms with Gasteiger partial charge in [0.25, 0.3) is 5.91 Å². The summed E-state index contributed by atoms with van der Waals surface area (Å²) in [7, 11) is -0.884. The molecule has 23 heavy (non-hydrogen) atoms. The molecule has 1 saturated heterocycles. The Morgan fingerprint density at radius 1 is 1.39 bits per heavy atom. The topological polar surface area (TPSA) is 87.3 Å². The summed E-state index contributed by atoms with van der Waals surface area (Å²) in [5.74, 6) is 0.443. The van der Waals surface area contributed by atoms with Crippen molar-refractivity contribution in [2.45, 2.75) is 19.4 Å². The second-order valence-corrected chi connectivity index (χ2v) is 8.35. The van der Waals surface area contributed by atoms with Gasteiger partial charge in [-0.05, 0) is 13.3 Å². The maximum atomic E-state index is 12.5. The number of nitrogens with one attached hydrogen (secondary N) is 1. The van der Waals surface area contributed by atoms with E-state index in [0.29, 0.717) is 17.9 Å². The molecular formula is C16H19N3O3S. The first-order valence-electron chi connectivity index (χ1n) is 7.41. The van der Waals surface area contributed by atoms with E-state index >= 15 is 0 Å². The molecular weight excluding hydrogens is 314 g/mol. The maximum absolute atomic E-state index is 12.5. The van der Waals surface area contributed by atoms with Crippen LogP contribution in [0.15, 0.2) is 34.9 Å². The lowest BCUT2D eigenvalue weighted by atomic mass is 10.1. The molecule has 6 nitrogen and oxygen atoms in total. The minimum atomic E-state index is -2.54. The molecule has 0 saturated carbocycles. The number of aryl methyl sites for hydroxylation is 1. The van der Waals surface area contributed by atoms with Gasteiger partial charge in [0.15, 0.2) is 0 Å². The van der Waals surface area contributed by atoms with Crippen LogP contribution < -0.4 is 0 Å². The summed E-state index contributed by atoms with van der Waals surface area (Å²) < 4.78 is 24.6. The Balaban J connectivity index is 1.77. The molecule has 3 rings (SSSR count). The molecule has 1 aliphatic rings. The lowest BCUT2D eigenvalue weighted by molar-refractivity contribution is 0.0706. The van der Waals surface area contributed by atoms with Gasteiger partial charge in [0.2, 0.25) is 5.76 Å². The molecule has 2 atom stereocenters. The minimum absolute atomic E-state index is 0.159. The van der Waals surface area contributed by atoms with Gasteiger partial charge in [0.05, 0.1) is 5.75 Å². The largest absolute Gasteiger partial charge is 0.350 e. The summed E-state index contributed by atoms with van der Waals surface area (Å²) in [6.45, 7) is 2.00. The second kappa shape index (κ2) is 5.81. The van der Waals surface area contributed by atoms with E-state index in [4.69, 9.17) is 9.30 Å². The predicted octanol–water partition coefficient (Wildman–Crippen LogP) is 2.54. The fraction of sp³-hybridized carbons (Fsp3) is 0.375. The van der Waals surface area contributed by atoms with Crippen LogP contribution >= 0.6 is 0 Å². The van der Waals surface area contributed by atoms with E-state index in [1.54, 1.807) is 13.1 Å². The number of carbonyl (C=O) groups is 1. The zero-order chi connectivity index (χ0) is 16.6. The van der Waals surface area contributed by atoms with Crippen molar-refractivity contribution >= 4 is 15.6 Å². The summed E-state index contributed by atoms with van der Waals surface area (Å²) in [6, 6.07) is 9.24. The number of amides is 1. The second-order valence-electron chi connectivity index (χ2n) is 5.98.